The van der Waals surface area contributed by atoms with Crippen LogP contribution in [0, 0.1) is 11.8 Å². The van der Waals surface area contributed by atoms with Crippen LogP contribution in [0.3, 0.4) is 0 Å². The molecule has 3 unspecified atom stereocenters. The molecule has 1 N–H and O–H groups in total. The number of hydrogen-bond acceptors (Lipinski definition) is 1. The molecule has 1 heteroatoms. The lowest BCUT2D eigenvalue weighted by Crippen LogP contribution is -2.21. The van der Waals surface area contributed by atoms with E-state index in [9.17, 15) is 0 Å². The molecule has 0 aliphatic rings. The van der Waals surface area contributed by atoms with Gasteiger partial charge in [-0.1, -0.05) is 52.2 Å². The molecule has 0 saturated heterocycles. The molecule has 1 nitrogen and oxygen atoms in total. The molecule has 0 heterocycles. The zero-order valence-corrected chi connectivity index (χ0v) is 12.6. The molecule has 0 aromatic carbocycles. The van der Waals surface area contributed by atoms with Crippen LogP contribution in [0.1, 0.15) is 66.2 Å². The minimum absolute atomic E-state index is 0.665. The molecule has 0 aliphatic heterocycles. The van der Waals surface area contributed by atoms with E-state index < -0.39 is 0 Å². The molecular formula is C16H33N. The van der Waals surface area contributed by atoms with Crippen LogP contribution in [0.5, 0.6) is 0 Å². The summed E-state index contributed by atoms with van der Waals surface area (Å²) in [6.07, 6.45) is 12.6. The van der Waals surface area contributed by atoms with Crippen molar-refractivity contribution in [2.45, 2.75) is 72.3 Å². The average molecular weight is 239 g/mol. The third kappa shape index (κ3) is 8.43. The van der Waals surface area contributed by atoms with Gasteiger partial charge in [0.25, 0.3) is 0 Å². The zero-order chi connectivity index (χ0) is 13.1. The van der Waals surface area contributed by atoms with Gasteiger partial charge in [-0.2, -0.15) is 0 Å². The molecule has 0 rings (SSSR count). The molecule has 0 radical (unpaired) electrons. The van der Waals surface area contributed by atoms with E-state index in [1.807, 2.05) is 0 Å². The second kappa shape index (κ2) is 10.8. The Hall–Kier alpha value is -0.300. The third-order valence-electron chi connectivity index (χ3n) is 3.87. The summed E-state index contributed by atoms with van der Waals surface area (Å²) >= 11 is 0. The molecule has 17 heavy (non-hydrogen) atoms. The van der Waals surface area contributed by atoms with Crippen LogP contribution < -0.4 is 5.32 Å². The molecule has 0 aromatic heterocycles. The number of hydrogen-bond donors (Lipinski definition) is 1. The van der Waals surface area contributed by atoms with Crippen LogP contribution in [0.25, 0.3) is 0 Å². The van der Waals surface area contributed by atoms with Gasteiger partial charge < -0.3 is 5.32 Å². The quantitative estimate of drug-likeness (QED) is 0.541. The zero-order valence-electron chi connectivity index (χ0n) is 12.6. The summed E-state index contributed by atoms with van der Waals surface area (Å²) in [5.41, 5.74) is 0. The fourth-order valence-electron chi connectivity index (χ4n) is 2.30. The molecule has 0 bridgehead atoms. The van der Waals surface area contributed by atoms with Gasteiger partial charge in [0.05, 0.1) is 0 Å². The molecule has 0 amide bonds. The van der Waals surface area contributed by atoms with E-state index in [2.05, 4.69) is 52.2 Å². The van der Waals surface area contributed by atoms with Gasteiger partial charge in [-0.05, 0) is 45.1 Å². The Bertz CT molecular complexity index is 186. The Morgan fingerprint density at radius 1 is 1.12 bits per heavy atom. The summed E-state index contributed by atoms with van der Waals surface area (Å²) in [6.45, 7) is 9.22. The monoisotopic (exact) mass is 239 g/mol. The van der Waals surface area contributed by atoms with Gasteiger partial charge in [-0.3, -0.25) is 0 Å². The van der Waals surface area contributed by atoms with E-state index in [0.29, 0.717) is 6.04 Å². The fraction of sp³-hybridized carbons (Fsp3) is 0.875. The van der Waals surface area contributed by atoms with Crippen molar-refractivity contribution in [3.63, 3.8) is 0 Å². The van der Waals surface area contributed by atoms with Gasteiger partial charge in [-0.25, -0.2) is 0 Å². The van der Waals surface area contributed by atoms with Gasteiger partial charge in [0, 0.05) is 6.04 Å². The van der Waals surface area contributed by atoms with E-state index in [0.717, 1.165) is 11.8 Å². The van der Waals surface area contributed by atoms with Crippen molar-refractivity contribution < 1.29 is 0 Å². The molecule has 0 fully saturated rings. The number of allylic oxidation sites excluding steroid dienone is 2. The highest BCUT2D eigenvalue weighted by atomic mass is 14.8. The molecule has 0 aromatic rings. The minimum atomic E-state index is 0.665. The topological polar surface area (TPSA) is 12.0 Å². The van der Waals surface area contributed by atoms with Crippen molar-refractivity contribution in [1.82, 2.24) is 5.32 Å². The highest BCUT2D eigenvalue weighted by molar-refractivity contribution is 4.89. The minimum Gasteiger partial charge on any atom is -0.317 e. The van der Waals surface area contributed by atoms with E-state index >= 15 is 0 Å². The highest BCUT2D eigenvalue weighted by Crippen LogP contribution is 2.23. The Morgan fingerprint density at radius 2 is 1.82 bits per heavy atom. The van der Waals surface area contributed by atoms with Crippen LogP contribution in [-0.4, -0.2) is 13.1 Å². The first-order valence-corrected chi connectivity index (χ1v) is 7.49. The summed E-state index contributed by atoms with van der Waals surface area (Å²) in [6, 6.07) is 0.665. The number of rotatable bonds is 10. The molecule has 3 atom stereocenters. The van der Waals surface area contributed by atoms with Crippen molar-refractivity contribution >= 4 is 0 Å². The van der Waals surface area contributed by atoms with Crippen LogP contribution in [0.15, 0.2) is 12.2 Å². The Kier molecular flexibility index (Phi) is 10.6. The summed E-state index contributed by atoms with van der Waals surface area (Å²) in [4.78, 5) is 0. The number of unbranched alkanes of at least 4 members (excludes halogenated alkanes) is 1. The van der Waals surface area contributed by atoms with Gasteiger partial charge >= 0.3 is 0 Å². The maximum atomic E-state index is 3.31. The van der Waals surface area contributed by atoms with Gasteiger partial charge in [0.2, 0.25) is 0 Å². The Balaban J connectivity index is 3.88. The first-order valence-electron chi connectivity index (χ1n) is 7.49. The van der Waals surface area contributed by atoms with Crippen molar-refractivity contribution in [1.29, 1.82) is 0 Å². The van der Waals surface area contributed by atoms with E-state index in [1.54, 1.807) is 0 Å². The second-order valence-electron chi connectivity index (χ2n) is 5.36. The van der Waals surface area contributed by atoms with Crippen molar-refractivity contribution in [3.8, 4) is 0 Å². The molecule has 102 valence electrons. The lowest BCUT2D eigenvalue weighted by atomic mass is 9.86. The maximum Gasteiger partial charge on any atom is 0.00357 e. The first kappa shape index (κ1) is 16.7. The van der Waals surface area contributed by atoms with Crippen LogP contribution >= 0.6 is 0 Å². The third-order valence-corrected chi connectivity index (χ3v) is 3.87. The molecule has 0 aliphatic carbocycles. The lowest BCUT2D eigenvalue weighted by Gasteiger charge is -2.20. The lowest BCUT2D eigenvalue weighted by molar-refractivity contribution is 0.356. The van der Waals surface area contributed by atoms with Crippen molar-refractivity contribution in [2.24, 2.45) is 11.8 Å². The SMILES string of the molecule is CCCC=CC(C)C(CC)CCCC(C)NC. The second-order valence-corrected chi connectivity index (χ2v) is 5.36. The number of nitrogens with one attached hydrogen (secondary N) is 1. The smallest absolute Gasteiger partial charge is 0.00357 e. The van der Waals surface area contributed by atoms with Crippen molar-refractivity contribution in [3.05, 3.63) is 12.2 Å². The van der Waals surface area contributed by atoms with Crippen LogP contribution in [0.4, 0.5) is 0 Å². The summed E-state index contributed by atoms with van der Waals surface area (Å²) < 4.78 is 0. The van der Waals surface area contributed by atoms with Gasteiger partial charge in [0.15, 0.2) is 0 Å². The van der Waals surface area contributed by atoms with E-state index in [1.165, 1.54) is 38.5 Å². The standard InChI is InChI=1S/C16H33N/c1-6-8-9-11-14(3)16(7-2)13-10-12-15(4)17-5/h9,11,14-17H,6-8,10,12-13H2,1-5H3. The molecule has 0 saturated carbocycles. The fourth-order valence-corrected chi connectivity index (χ4v) is 2.30. The maximum absolute atomic E-state index is 3.31. The first-order chi connectivity index (χ1) is 8.15. The van der Waals surface area contributed by atoms with Gasteiger partial charge in [-0.15, -0.1) is 0 Å². The van der Waals surface area contributed by atoms with E-state index in [-0.39, 0.29) is 0 Å². The average Bonchev–Trinajstić information content (AvgIpc) is 2.34. The normalized spacial score (nSPS) is 17.2. The van der Waals surface area contributed by atoms with Crippen molar-refractivity contribution in [2.75, 3.05) is 7.05 Å². The Morgan fingerprint density at radius 3 is 2.35 bits per heavy atom. The summed E-state index contributed by atoms with van der Waals surface area (Å²) in [5.74, 6) is 1.61. The predicted molar refractivity (Wildman–Crippen MR) is 79.4 cm³/mol. The molecular weight excluding hydrogens is 206 g/mol. The van der Waals surface area contributed by atoms with Crippen LogP contribution in [-0.2, 0) is 0 Å². The van der Waals surface area contributed by atoms with E-state index in [4.69, 9.17) is 0 Å². The van der Waals surface area contributed by atoms with Crippen LogP contribution in [0.2, 0.25) is 0 Å². The summed E-state index contributed by atoms with van der Waals surface area (Å²) in [5, 5.41) is 3.31. The Labute approximate surface area is 109 Å². The largest absolute Gasteiger partial charge is 0.317 e. The summed E-state index contributed by atoms with van der Waals surface area (Å²) in [7, 11) is 2.05. The molecule has 0 spiro atoms. The highest BCUT2D eigenvalue weighted by Gasteiger charge is 2.12. The van der Waals surface area contributed by atoms with Gasteiger partial charge in [0.1, 0.15) is 0 Å². The predicted octanol–water partition coefficient (Wildman–Crippen LogP) is 4.78.